The molecule has 2 amide bonds. The van der Waals surface area contributed by atoms with Crippen LogP contribution in [-0.2, 0) is 4.79 Å². The number of carbonyl (C=O) groups is 2. The number of anilines is 1. The lowest BCUT2D eigenvalue weighted by molar-refractivity contribution is -0.114. The van der Waals surface area contributed by atoms with Gasteiger partial charge in [-0.1, -0.05) is 19.4 Å². The van der Waals surface area contributed by atoms with Gasteiger partial charge in [-0.15, -0.1) is 0 Å². The SMILES string of the molecule is CCC1CCC(N(C(=O)c2cccc(NC(C)=O)c2)C2CC2)CC1. The summed E-state index contributed by atoms with van der Waals surface area (Å²) in [4.78, 5) is 26.5. The molecule has 2 saturated carbocycles. The molecule has 0 unspecified atom stereocenters. The van der Waals surface area contributed by atoms with Crippen LogP contribution in [0.15, 0.2) is 24.3 Å². The summed E-state index contributed by atoms with van der Waals surface area (Å²) in [5, 5.41) is 2.77. The molecule has 0 heterocycles. The molecule has 1 aromatic carbocycles. The van der Waals surface area contributed by atoms with Gasteiger partial charge in [0, 0.05) is 30.3 Å². The molecule has 1 aromatic rings. The molecule has 0 atom stereocenters. The van der Waals surface area contributed by atoms with Crippen molar-refractivity contribution in [2.24, 2.45) is 5.92 Å². The maximum Gasteiger partial charge on any atom is 0.254 e. The third-order valence-electron chi connectivity index (χ3n) is 5.39. The third kappa shape index (κ3) is 3.97. The van der Waals surface area contributed by atoms with Crippen molar-refractivity contribution in [1.82, 2.24) is 4.90 Å². The molecule has 1 N–H and O–H groups in total. The van der Waals surface area contributed by atoms with Gasteiger partial charge in [0.25, 0.3) is 5.91 Å². The molecule has 0 saturated heterocycles. The molecule has 130 valence electrons. The van der Waals surface area contributed by atoms with Crippen LogP contribution in [0.2, 0.25) is 0 Å². The first-order valence-corrected chi connectivity index (χ1v) is 9.28. The molecule has 0 aliphatic heterocycles. The van der Waals surface area contributed by atoms with Crippen molar-refractivity contribution in [3.05, 3.63) is 29.8 Å². The Morgan fingerprint density at radius 2 is 1.71 bits per heavy atom. The Hall–Kier alpha value is -1.84. The molecule has 2 aliphatic carbocycles. The standard InChI is InChI=1S/C20H28N2O2/c1-3-15-7-9-18(10-8-15)22(19-11-12-19)20(24)16-5-4-6-17(13-16)21-14(2)23/h4-6,13,15,18-19H,3,7-12H2,1-2H3,(H,21,23). The maximum atomic E-state index is 13.1. The van der Waals surface area contributed by atoms with E-state index in [4.69, 9.17) is 0 Å². The molecule has 0 aromatic heterocycles. The van der Waals surface area contributed by atoms with Gasteiger partial charge < -0.3 is 10.2 Å². The zero-order valence-electron chi connectivity index (χ0n) is 14.8. The molecular formula is C20H28N2O2. The summed E-state index contributed by atoms with van der Waals surface area (Å²) in [5.74, 6) is 0.849. The van der Waals surface area contributed by atoms with E-state index in [1.54, 1.807) is 6.07 Å². The lowest BCUT2D eigenvalue weighted by atomic mass is 9.83. The topological polar surface area (TPSA) is 49.4 Å². The van der Waals surface area contributed by atoms with Crippen LogP contribution < -0.4 is 5.32 Å². The van der Waals surface area contributed by atoms with Crippen LogP contribution in [0, 0.1) is 5.92 Å². The van der Waals surface area contributed by atoms with Crippen LogP contribution in [-0.4, -0.2) is 28.8 Å². The number of amides is 2. The molecule has 0 radical (unpaired) electrons. The van der Waals surface area contributed by atoms with Crippen molar-refractivity contribution in [3.8, 4) is 0 Å². The molecule has 3 rings (SSSR count). The highest BCUT2D eigenvalue weighted by atomic mass is 16.2. The van der Waals surface area contributed by atoms with Crippen molar-refractivity contribution < 1.29 is 9.59 Å². The van der Waals surface area contributed by atoms with E-state index in [9.17, 15) is 9.59 Å². The third-order valence-corrected chi connectivity index (χ3v) is 5.39. The molecular weight excluding hydrogens is 300 g/mol. The second-order valence-corrected chi connectivity index (χ2v) is 7.29. The summed E-state index contributed by atoms with van der Waals surface area (Å²) in [6, 6.07) is 8.14. The molecule has 2 aliphatic rings. The highest BCUT2D eigenvalue weighted by molar-refractivity contribution is 5.97. The van der Waals surface area contributed by atoms with Crippen LogP contribution in [0.5, 0.6) is 0 Å². The van der Waals surface area contributed by atoms with E-state index in [1.165, 1.54) is 26.2 Å². The van der Waals surface area contributed by atoms with E-state index in [0.29, 0.717) is 23.3 Å². The fourth-order valence-electron chi connectivity index (χ4n) is 3.90. The van der Waals surface area contributed by atoms with Crippen molar-refractivity contribution >= 4 is 17.5 Å². The fourth-order valence-corrected chi connectivity index (χ4v) is 3.90. The molecule has 4 heteroatoms. The van der Waals surface area contributed by atoms with Gasteiger partial charge in [-0.2, -0.15) is 0 Å². The largest absolute Gasteiger partial charge is 0.333 e. The predicted molar refractivity (Wildman–Crippen MR) is 96.0 cm³/mol. The minimum absolute atomic E-state index is 0.114. The van der Waals surface area contributed by atoms with Crippen LogP contribution in [0.3, 0.4) is 0 Å². The Morgan fingerprint density at radius 3 is 2.25 bits per heavy atom. The summed E-state index contributed by atoms with van der Waals surface area (Å²) < 4.78 is 0. The molecule has 4 nitrogen and oxygen atoms in total. The minimum atomic E-state index is -0.114. The Balaban J connectivity index is 1.74. The molecule has 2 fully saturated rings. The normalized spacial score (nSPS) is 23.6. The number of hydrogen-bond acceptors (Lipinski definition) is 2. The first-order valence-electron chi connectivity index (χ1n) is 9.28. The fraction of sp³-hybridized carbons (Fsp3) is 0.600. The summed E-state index contributed by atoms with van der Waals surface area (Å²) in [5.41, 5.74) is 1.38. The van der Waals surface area contributed by atoms with Gasteiger partial charge in [-0.3, -0.25) is 9.59 Å². The Morgan fingerprint density at radius 1 is 1.08 bits per heavy atom. The van der Waals surface area contributed by atoms with Crippen LogP contribution in [0.4, 0.5) is 5.69 Å². The Labute approximate surface area is 144 Å². The number of rotatable bonds is 5. The highest BCUT2D eigenvalue weighted by Crippen LogP contribution is 2.37. The Bertz CT molecular complexity index is 601. The van der Waals surface area contributed by atoms with Crippen molar-refractivity contribution in [1.29, 1.82) is 0 Å². The molecule has 0 spiro atoms. The second-order valence-electron chi connectivity index (χ2n) is 7.29. The number of benzene rings is 1. The van der Waals surface area contributed by atoms with Crippen LogP contribution in [0.25, 0.3) is 0 Å². The summed E-state index contributed by atoms with van der Waals surface area (Å²) >= 11 is 0. The molecule has 24 heavy (non-hydrogen) atoms. The van der Waals surface area contributed by atoms with Gasteiger partial charge in [0.05, 0.1) is 0 Å². The van der Waals surface area contributed by atoms with Crippen molar-refractivity contribution in [2.75, 3.05) is 5.32 Å². The van der Waals surface area contributed by atoms with Gasteiger partial charge in [0.1, 0.15) is 0 Å². The van der Waals surface area contributed by atoms with E-state index < -0.39 is 0 Å². The monoisotopic (exact) mass is 328 g/mol. The zero-order chi connectivity index (χ0) is 17.1. The number of hydrogen-bond donors (Lipinski definition) is 1. The van der Waals surface area contributed by atoms with Gasteiger partial charge in [-0.25, -0.2) is 0 Å². The van der Waals surface area contributed by atoms with E-state index >= 15 is 0 Å². The number of nitrogens with zero attached hydrogens (tertiary/aromatic N) is 1. The minimum Gasteiger partial charge on any atom is -0.333 e. The van der Waals surface area contributed by atoms with E-state index in [2.05, 4.69) is 17.1 Å². The lowest BCUT2D eigenvalue weighted by Gasteiger charge is -2.37. The Kier molecular flexibility index (Phi) is 5.22. The lowest BCUT2D eigenvalue weighted by Crippen LogP contribution is -2.43. The highest BCUT2D eigenvalue weighted by Gasteiger charge is 2.39. The van der Waals surface area contributed by atoms with Gasteiger partial charge in [-0.05, 0) is 62.6 Å². The second kappa shape index (κ2) is 7.37. The smallest absolute Gasteiger partial charge is 0.254 e. The first kappa shape index (κ1) is 17.0. The average Bonchev–Trinajstić information content (AvgIpc) is 3.40. The van der Waals surface area contributed by atoms with Gasteiger partial charge in [0.2, 0.25) is 5.91 Å². The van der Waals surface area contributed by atoms with Crippen molar-refractivity contribution in [2.45, 2.75) is 70.9 Å². The summed E-state index contributed by atoms with van der Waals surface area (Å²) in [6.45, 7) is 3.75. The summed E-state index contributed by atoms with van der Waals surface area (Å²) in [7, 11) is 0. The van der Waals surface area contributed by atoms with E-state index in [1.807, 2.05) is 18.2 Å². The van der Waals surface area contributed by atoms with E-state index in [-0.39, 0.29) is 11.8 Å². The molecule has 0 bridgehead atoms. The van der Waals surface area contributed by atoms with Gasteiger partial charge in [0.15, 0.2) is 0 Å². The quantitative estimate of drug-likeness (QED) is 0.880. The predicted octanol–water partition coefficient (Wildman–Crippen LogP) is 4.22. The van der Waals surface area contributed by atoms with E-state index in [0.717, 1.165) is 31.6 Å². The number of nitrogens with one attached hydrogen (secondary N) is 1. The van der Waals surface area contributed by atoms with Crippen molar-refractivity contribution in [3.63, 3.8) is 0 Å². The zero-order valence-corrected chi connectivity index (χ0v) is 14.8. The number of carbonyl (C=O) groups excluding carboxylic acids is 2. The van der Waals surface area contributed by atoms with Gasteiger partial charge >= 0.3 is 0 Å². The average molecular weight is 328 g/mol. The first-order chi connectivity index (χ1) is 11.6. The maximum absolute atomic E-state index is 13.1. The van der Waals surface area contributed by atoms with Crippen LogP contribution >= 0.6 is 0 Å². The summed E-state index contributed by atoms with van der Waals surface area (Å²) in [6.07, 6.45) is 8.25. The van der Waals surface area contributed by atoms with Crippen LogP contribution in [0.1, 0.15) is 69.2 Å².